The number of nitrogens with zero attached hydrogens (tertiary/aromatic N) is 1. The minimum atomic E-state index is 0.858. The molecule has 0 aromatic carbocycles. The molecule has 1 saturated carbocycles. The van der Waals surface area contributed by atoms with Crippen LogP contribution in [0.5, 0.6) is 0 Å². The predicted octanol–water partition coefficient (Wildman–Crippen LogP) is 3.67. The lowest BCUT2D eigenvalue weighted by molar-refractivity contribution is 0.137. The van der Waals surface area contributed by atoms with Gasteiger partial charge in [0, 0.05) is 6.04 Å². The van der Waals surface area contributed by atoms with Gasteiger partial charge in [0.1, 0.15) is 0 Å². The van der Waals surface area contributed by atoms with Gasteiger partial charge in [-0.2, -0.15) is 0 Å². The first-order valence-electron chi connectivity index (χ1n) is 8.16. The molecule has 0 aromatic heterocycles. The van der Waals surface area contributed by atoms with E-state index in [2.05, 4.69) is 31.1 Å². The fraction of sp³-hybridized carbons (Fsp3) is 1.00. The van der Waals surface area contributed by atoms with Gasteiger partial charge < -0.3 is 10.2 Å². The molecule has 2 unspecified atom stereocenters. The Morgan fingerprint density at radius 2 is 1.83 bits per heavy atom. The van der Waals surface area contributed by atoms with Gasteiger partial charge in [0.2, 0.25) is 0 Å². The second-order valence-corrected chi connectivity index (χ2v) is 6.12. The van der Waals surface area contributed by atoms with Crippen LogP contribution in [0.2, 0.25) is 0 Å². The molecule has 1 N–H and O–H groups in total. The first-order chi connectivity index (χ1) is 8.75. The van der Waals surface area contributed by atoms with E-state index in [0.29, 0.717) is 0 Å². The third-order valence-corrected chi connectivity index (χ3v) is 4.42. The smallest absolute Gasteiger partial charge is 0.0118 e. The molecule has 2 heteroatoms. The minimum Gasteiger partial charge on any atom is -0.317 e. The Morgan fingerprint density at radius 3 is 2.56 bits per heavy atom. The Bertz CT molecular complexity index is 194. The van der Waals surface area contributed by atoms with Crippen molar-refractivity contribution in [3.63, 3.8) is 0 Å². The van der Waals surface area contributed by atoms with Crippen molar-refractivity contribution >= 4 is 0 Å². The number of hydrogen-bond acceptors (Lipinski definition) is 2. The van der Waals surface area contributed by atoms with E-state index < -0.39 is 0 Å². The Morgan fingerprint density at radius 1 is 1.06 bits per heavy atom. The van der Waals surface area contributed by atoms with Crippen molar-refractivity contribution in [3.05, 3.63) is 0 Å². The zero-order valence-electron chi connectivity index (χ0n) is 12.9. The van der Waals surface area contributed by atoms with Gasteiger partial charge >= 0.3 is 0 Å². The van der Waals surface area contributed by atoms with Crippen molar-refractivity contribution in [2.45, 2.75) is 71.3 Å². The normalized spacial score (nSPS) is 24.7. The maximum absolute atomic E-state index is 3.48. The molecule has 0 aromatic rings. The van der Waals surface area contributed by atoms with Gasteiger partial charge in [-0.25, -0.2) is 0 Å². The Hall–Kier alpha value is -0.0800. The molecule has 0 aliphatic heterocycles. The molecule has 1 rings (SSSR count). The highest BCUT2D eigenvalue weighted by atomic mass is 15.1. The van der Waals surface area contributed by atoms with E-state index in [0.717, 1.165) is 12.0 Å². The SMILES string of the molecule is CCCNCCCCCN(C)C1CCCCC1C. The zero-order valence-corrected chi connectivity index (χ0v) is 12.9. The molecule has 0 spiro atoms. The van der Waals surface area contributed by atoms with Crippen LogP contribution in [0.3, 0.4) is 0 Å². The summed E-state index contributed by atoms with van der Waals surface area (Å²) < 4.78 is 0. The summed E-state index contributed by atoms with van der Waals surface area (Å²) in [5, 5.41) is 3.48. The van der Waals surface area contributed by atoms with Crippen molar-refractivity contribution in [3.8, 4) is 0 Å². The molecule has 0 amide bonds. The van der Waals surface area contributed by atoms with Crippen LogP contribution in [0.25, 0.3) is 0 Å². The van der Waals surface area contributed by atoms with Gasteiger partial charge in [-0.15, -0.1) is 0 Å². The summed E-state index contributed by atoms with van der Waals surface area (Å²) in [6.07, 6.45) is 11.1. The summed E-state index contributed by atoms with van der Waals surface area (Å²) in [4.78, 5) is 2.63. The molecule has 0 bridgehead atoms. The van der Waals surface area contributed by atoms with Gasteiger partial charge in [-0.05, 0) is 64.7 Å². The molecule has 2 nitrogen and oxygen atoms in total. The van der Waals surface area contributed by atoms with Crippen LogP contribution in [-0.2, 0) is 0 Å². The number of nitrogens with one attached hydrogen (secondary N) is 1. The van der Waals surface area contributed by atoms with E-state index in [4.69, 9.17) is 0 Å². The molecule has 0 radical (unpaired) electrons. The van der Waals surface area contributed by atoms with Crippen LogP contribution in [-0.4, -0.2) is 37.6 Å². The second-order valence-electron chi connectivity index (χ2n) is 6.12. The third-order valence-electron chi connectivity index (χ3n) is 4.42. The van der Waals surface area contributed by atoms with Gasteiger partial charge in [-0.3, -0.25) is 0 Å². The average Bonchev–Trinajstić information content (AvgIpc) is 2.38. The molecular formula is C16H34N2. The van der Waals surface area contributed by atoms with Crippen molar-refractivity contribution in [2.24, 2.45) is 5.92 Å². The highest BCUT2D eigenvalue weighted by Gasteiger charge is 2.24. The highest BCUT2D eigenvalue weighted by Crippen LogP contribution is 2.27. The standard InChI is InChI=1S/C16H34N2/c1-4-12-17-13-8-5-9-14-18(3)16-11-7-6-10-15(16)2/h15-17H,4-14H2,1-3H3. The fourth-order valence-corrected chi connectivity index (χ4v) is 3.21. The lowest BCUT2D eigenvalue weighted by Gasteiger charge is -2.36. The minimum absolute atomic E-state index is 0.858. The first-order valence-corrected chi connectivity index (χ1v) is 8.16. The van der Waals surface area contributed by atoms with Crippen LogP contribution in [0.15, 0.2) is 0 Å². The van der Waals surface area contributed by atoms with Crippen molar-refractivity contribution in [1.29, 1.82) is 0 Å². The summed E-state index contributed by atoms with van der Waals surface area (Å²) in [5.41, 5.74) is 0. The van der Waals surface area contributed by atoms with Crippen LogP contribution in [0, 0.1) is 5.92 Å². The Kier molecular flexibility index (Phi) is 8.70. The van der Waals surface area contributed by atoms with E-state index in [-0.39, 0.29) is 0 Å². The number of unbranched alkanes of at least 4 members (excludes halogenated alkanes) is 2. The predicted molar refractivity (Wildman–Crippen MR) is 81.1 cm³/mol. The summed E-state index contributed by atoms with van der Waals surface area (Å²) in [5.74, 6) is 0.912. The third kappa shape index (κ3) is 6.19. The van der Waals surface area contributed by atoms with E-state index in [1.807, 2.05) is 0 Å². The van der Waals surface area contributed by atoms with Gasteiger partial charge in [-0.1, -0.05) is 33.1 Å². The average molecular weight is 254 g/mol. The van der Waals surface area contributed by atoms with E-state index in [1.165, 1.54) is 71.0 Å². The molecule has 1 aliphatic rings. The largest absolute Gasteiger partial charge is 0.317 e. The van der Waals surface area contributed by atoms with E-state index in [9.17, 15) is 0 Å². The van der Waals surface area contributed by atoms with Gasteiger partial charge in [0.25, 0.3) is 0 Å². The van der Waals surface area contributed by atoms with Crippen molar-refractivity contribution in [1.82, 2.24) is 10.2 Å². The number of hydrogen-bond donors (Lipinski definition) is 1. The van der Waals surface area contributed by atoms with Crippen LogP contribution in [0.4, 0.5) is 0 Å². The van der Waals surface area contributed by atoms with Crippen LogP contribution in [0.1, 0.15) is 65.2 Å². The van der Waals surface area contributed by atoms with Crippen molar-refractivity contribution in [2.75, 3.05) is 26.7 Å². The van der Waals surface area contributed by atoms with Crippen molar-refractivity contribution < 1.29 is 0 Å². The van der Waals surface area contributed by atoms with Crippen LogP contribution >= 0.6 is 0 Å². The molecule has 0 saturated heterocycles. The lowest BCUT2D eigenvalue weighted by atomic mass is 9.85. The monoisotopic (exact) mass is 254 g/mol. The summed E-state index contributed by atoms with van der Waals surface area (Å²) in [7, 11) is 2.34. The molecule has 18 heavy (non-hydrogen) atoms. The second kappa shape index (κ2) is 9.80. The molecule has 1 fully saturated rings. The lowest BCUT2D eigenvalue weighted by Crippen LogP contribution is -2.39. The summed E-state index contributed by atoms with van der Waals surface area (Å²) in [6, 6.07) is 0.858. The zero-order chi connectivity index (χ0) is 13.2. The van der Waals surface area contributed by atoms with E-state index >= 15 is 0 Å². The highest BCUT2D eigenvalue weighted by molar-refractivity contribution is 4.79. The maximum atomic E-state index is 3.48. The van der Waals surface area contributed by atoms with Gasteiger partial charge in [0.15, 0.2) is 0 Å². The quantitative estimate of drug-likeness (QED) is 0.632. The topological polar surface area (TPSA) is 15.3 Å². The Balaban J connectivity index is 2.00. The molecule has 108 valence electrons. The first kappa shape index (κ1) is 16.0. The van der Waals surface area contributed by atoms with Gasteiger partial charge in [0.05, 0.1) is 0 Å². The Labute approximate surface area is 115 Å². The molecule has 0 heterocycles. The maximum Gasteiger partial charge on any atom is 0.0118 e. The van der Waals surface area contributed by atoms with E-state index in [1.54, 1.807) is 0 Å². The summed E-state index contributed by atoms with van der Waals surface area (Å²) in [6.45, 7) is 8.35. The summed E-state index contributed by atoms with van der Waals surface area (Å²) >= 11 is 0. The molecular weight excluding hydrogens is 220 g/mol. The number of rotatable bonds is 9. The molecule has 2 atom stereocenters. The van der Waals surface area contributed by atoms with Crippen LogP contribution < -0.4 is 5.32 Å². The fourth-order valence-electron chi connectivity index (χ4n) is 3.21. The molecule has 1 aliphatic carbocycles.